The van der Waals surface area contributed by atoms with Crippen molar-refractivity contribution in [2.75, 3.05) is 0 Å². The van der Waals surface area contributed by atoms with Crippen molar-refractivity contribution in [3.05, 3.63) is 48.0 Å². The van der Waals surface area contributed by atoms with E-state index in [1.54, 1.807) is 0 Å². The molecule has 2 aromatic rings. The molecule has 0 bridgehead atoms. The number of aliphatic hydroxyl groups is 1. The molecule has 0 heterocycles. The summed E-state index contributed by atoms with van der Waals surface area (Å²) in [6, 6.07) is 14.1. The van der Waals surface area contributed by atoms with E-state index in [0.29, 0.717) is 6.42 Å². The molecule has 1 atom stereocenters. The lowest BCUT2D eigenvalue weighted by atomic mass is 9.82. The van der Waals surface area contributed by atoms with Gasteiger partial charge in [0.2, 0.25) is 0 Å². The third-order valence-corrected chi connectivity index (χ3v) is 4.67. The number of carbonyl (C=O) groups excluding carboxylic acids is 1. The quantitative estimate of drug-likeness (QED) is 0.923. The maximum atomic E-state index is 12.4. The molecule has 0 radical (unpaired) electrons. The molecule has 0 aromatic heterocycles. The molecule has 0 amide bonds. The van der Waals surface area contributed by atoms with E-state index in [4.69, 9.17) is 0 Å². The molecule has 2 aromatic carbocycles. The molecular weight excluding hydrogens is 260 g/mol. The Balaban J connectivity index is 1.76. The van der Waals surface area contributed by atoms with Crippen LogP contribution in [0, 0.1) is 5.92 Å². The van der Waals surface area contributed by atoms with Crippen LogP contribution in [-0.2, 0) is 11.2 Å². The summed E-state index contributed by atoms with van der Waals surface area (Å²) < 4.78 is 0. The van der Waals surface area contributed by atoms with Gasteiger partial charge in [0.15, 0.2) is 5.78 Å². The number of aliphatic hydroxyl groups excluding tert-OH is 1. The molecule has 1 N–H and O–H groups in total. The molecule has 2 nitrogen and oxygen atoms in total. The summed E-state index contributed by atoms with van der Waals surface area (Å²) in [5.74, 6) is 0.138. The van der Waals surface area contributed by atoms with Crippen LogP contribution in [-0.4, -0.2) is 17.0 Å². The number of Topliss-reactive ketones (excluding diaryl/α,β-unsaturated/α-hetero) is 1. The van der Waals surface area contributed by atoms with Crippen molar-refractivity contribution in [3.63, 3.8) is 0 Å². The summed E-state index contributed by atoms with van der Waals surface area (Å²) in [5, 5.41) is 12.6. The third-order valence-electron chi connectivity index (χ3n) is 4.67. The standard InChI is InChI=1S/C19H22O2/c20-18(19(21)15-8-2-1-3-9-15)13-16-11-6-10-14-7-4-5-12-17(14)16/h4-7,10-12,15,19,21H,1-3,8-9,13H2. The lowest BCUT2D eigenvalue weighted by Gasteiger charge is -2.25. The van der Waals surface area contributed by atoms with Crippen molar-refractivity contribution in [1.29, 1.82) is 0 Å². The number of rotatable bonds is 4. The Morgan fingerprint density at radius 3 is 2.57 bits per heavy atom. The first-order valence-electron chi connectivity index (χ1n) is 7.93. The van der Waals surface area contributed by atoms with Gasteiger partial charge in [0.1, 0.15) is 6.10 Å². The normalized spacial score (nSPS) is 17.8. The fourth-order valence-corrected chi connectivity index (χ4v) is 3.45. The number of ketones is 1. The fraction of sp³-hybridized carbons (Fsp3) is 0.421. The predicted octanol–water partition coefficient (Wildman–Crippen LogP) is 3.89. The largest absolute Gasteiger partial charge is 0.385 e. The second-order valence-corrected chi connectivity index (χ2v) is 6.12. The van der Waals surface area contributed by atoms with E-state index in [1.807, 2.05) is 30.3 Å². The van der Waals surface area contributed by atoms with Crippen LogP contribution < -0.4 is 0 Å². The maximum absolute atomic E-state index is 12.4. The van der Waals surface area contributed by atoms with Gasteiger partial charge in [-0.15, -0.1) is 0 Å². The highest BCUT2D eigenvalue weighted by Gasteiger charge is 2.27. The number of fused-ring (bicyclic) bond motifs is 1. The van der Waals surface area contributed by atoms with Crippen molar-refractivity contribution in [3.8, 4) is 0 Å². The van der Waals surface area contributed by atoms with E-state index < -0.39 is 6.10 Å². The van der Waals surface area contributed by atoms with E-state index >= 15 is 0 Å². The molecule has 0 aliphatic heterocycles. The summed E-state index contributed by atoms with van der Waals surface area (Å²) in [6.07, 6.45) is 5.04. The number of hydrogen-bond donors (Lipinski definition) is 1. The van der Waals surface area contributed by atoms with Crippen molar-refractivity contribution >= 4 is 16.6 Å². The van der Waals surface area contributed by atoms with Crippen LogP contribution in [0.15, 0.2) is 42.5 Å². The Hall–Kier alpha value is -1.67. The van der Waals surface area contributed by atoms with Crippen molar-refractivity contribution in [2.45, 2.75) is 44.6 Å². The zero-order valence-electron chi connectivity index (χ0n) is 12.3. The minimum Gasteiger partial charge on any atom is -0.385 e. The first-order valence-corrected chi connectivity index (χ1v) is 7.93. The first kappa shape index (κ1) is 14.3. The minimum absolute atomic E-state index is 0.0294. The fourth-order valence-electron chi connectivity index (χ4n) is 3.45. The molecule has 3 rings (SSSR count). The van der Waals surface area contributed by atoms with Gasteiger partial charge in [0.25, 0.3) is 0 Å². The Bertz CT molecular complexity index is 621. The van der Waals surface area contributed by atoms with Crippen LogP contribution in [0.4, 0.5) is 0 Å². The van der Waals surface area contributed by atoms with Gasteiger partial charge in [-0.05, 0) is 35.1 Å². The number of hydrogen-bond acceptors (Lipinski definition) is 2. The molecule has 1 aliphatic rings. The lowest BCUT2D eigenvalue weighted by Crippen LogP contribution is -2.32. The maximum Gasteiger partial charge on any atom is 0.165 e. The first-order chi connectivity index (χ1) is 10.3. The molecular formula is C19H22O2. The van der Waals surface area contributed by atoms with E-state index in [1.165, 1.54) is 6.42 Å². The highest BCUT2D eigenvalue weighted by atomic mass is 16.3. The SMILES string of the molecule is O=C(Cc1cccc2ccccc12)C(O)C1CCCCC1. The van der Waals surface area contributed by atoms with E-state index in [0.717, 1.165) is 42.0 Å². The number of carbonyl (C=O) groups is 1. The zero-order valence-corrected chi connectivity index (χ0v) is 12.3. The van der Waals surface area contributed by atoms with Gasteiger partial charge in [-0.3, -0.25) is 4.79 Å². The van der Waals surface area contributed by atoms with Crippen LogP contribution in [0.5, 0.6) is 0 Å². The molecule has 2 heteroatoms. The molecule has 1 unspecified atom stereocenters. The zero-order chi connectivity index (χ0) is 14.7. The second kappa shape index (κ2) is 6.40. The monoisotopic (exact) mass is 282 g/mol. The minimum atomic E-state index is -0.788. The summed E-state index contributed by atoms with van der Waals surface area (Å²) in [6.45, 7) is 0. The van der Waals surface area contributed by atoms with E-state index in [-0.39, 0.29) is 11.7 Å². The molecule has 0 spiro atoms. The smallest absolute Gasteiger partial charge is 0.165 e. The van der Waals surface area contributed by atoms with Crippen molar-refractivity contribution in [2.24, 2.45) is 5.92 Å². The summed E-state index contributed by atoms with van der Waals surface area (Å²) >= 11 is 0. The topological polar surface area (TPSA) is 37.3 Å². The van der Waals surface area contributed by atoms with Crippen LogP contribution >= 0.6 is 0 Å². The molecule has 1 fully saturated rings. The van der Waals surface area contributed by atoms with Crippen molar-refractivity contribution < 1.29 is 9.90 Å². The molecule has 0 saturated heterocycles. The second-order valence-electron chi connectivity index (χ2n) is 6.12. The average Bonchev–Trinajstić information content (AvgIpc) is 2.55. The van der Waals surface area contributed by atoms with Crippen LogP contribution in [0.1, 0.15) is 37.7 Å². The lowest BCUT2D eigenvalue weighted by molar-refractivity contribution is -0.129. The Labute approximate surface area is 125 Å². The molecule has 110 valence electrons. The van der Waals surface area contributed by atoms with Crippen LogP contribution in [0.2, 0.25) is 0 Å². The van der Waals surface area contributed by atoms with Crippen molar-refractivity contribution in [1.82, 2.24) is 0 Å². The predicted molar refractivity (Wildman–Crippen MR) is 85.2 cm³/mol. The van der Waals surface area contributed by atoms with Gasteiger partial charge in [0.05, 0.1) is 0 Å². The Kier molecular flexibility index (Phi) is 4.35. The van der Waals surface area contributed by atoms with Crippen LogP contribution in [0.25, 0.3) is 10.8 Å². The Morgan fingerprint density at radius 1 is 1.05 bits per heavy atom. The summed E-state index contributed by atoms with van der Waals surface area (Å²) in [4.78, 5) is 12.4. The molecule has 21 heavy (non-hydrogen) atoms. The number of benzene rings is 2. The molecule has 1 aliphatic carbocycles. The van der Waals surface area contributed by atoms with Gasteiger partial charge in [-0.2, -0.15) is 0 Å². The van der Waals surface area contributed by atoms with Gasteiger partial charge in [-0.1, -0.05) is 61.7 Å². The third kappa shape index (κ3) is 3.16. The highest BCUT2D eigenvalue weighted by molar-refractivity contribution is 5.92. The van der Waals surface area contributed by atoms with Gasteiger partial charge in [0, 0.05) is 6.42 Å². The van der Waals surface area contributed by atoms with Gasteiger partial charge >= 0.3 is 0 Å². The highest BCUT2D eigenvalue weighted by Crippen LogP contribution is 2.28. The van der Waals surface area contributed by atoms with E-state index in [2.05, 4.69) is 12.1 Å². The Morgan fingerprint density at radius 2 is 1.76 bits per heavy atom. The van der Waals surface area contributed by atoms with Crippen LogP contribution in [0.3, 0.4) is 0 Å². The summed E-state index contributed by atoms with van der Waals surface area (Å²) in [7, 11) is 0. The van der Waals surface area contributed by atoms with E-state index in [9.17, 15) is 9.90 Å². The van der Waals surface area contributed by atoms with Gasteiger partial charge < -0.3 is 5.11 Å². The molecule has 1 saturated carbocycles. The summed E-state index contributed by atoms with van der Waals surface area (Å²) in [5.41, 5.74) is 1.02. The van der Waals surface area contributed by atoms with Gasteiger partial charge in [-0.25, -0.2) is 0 Å². The average molecular weight is 282 g/mol.